The average Bonchev–Trinajstić information content (AvgIpc) is 2.52. The summed E-state index contributed by atoms with van der Waals surface area (Å²) < 4.78 is 32.1. The summed E-state index contributed by atoms with van der Waals surface area (Å²) in [6.07, 6.45) is 0. The highest BCUT2D eigenvalue weighted by Crippen LogP contribution is 2.27. The van der Waals surface area contributed by atoms with Crippen LogP contribution in [0.3, 0.4) is 0 Å². The van der Waals surface area contributed by atoms with E-state index in [1.54, 1.807) is 38.1 Å². The second-order valence-corrected chi connectivity index (χ2v) is 8.27. The Morgan fingerprint density at radius 2 is 1.88 bits per heavy atom. The Bertz CT molecular complexity index is 901. The maximum atomic E-state index is 12.1. The normalized spacial score (nSPS) is 11.4. The quantitative estimate of drug-likeness (QED) is 0.720. The minimum absolute atomic E-state index is 0.0203. The third kappa shape index (κ3) is 5.88. The van der Waals surface area contributed by atoms with Crippen LogP contribution in [0.15, 0.2) is 47.4 Å². The Morgan fingerprint density at radius 1 is 1.15 bits per heavy atom. The number of nitrogens with one attached hydrogen (secondary N) is 2. The average molecular weight is 417 g/mol. The van der Waals surface area contributed by atoms with Crippen LogP contribution in [-0.4, -0.2) is 27.0 Å². The highest BCUT2D eigenvalue weighted by atomic mass is 35.5. The van der Waals surface area contributed by atoms with Gasteiger partial charge in [0.15, 0.2) is 6.61 Å². The summed E-state index contributed by atoms with van der Waals surface area (Å²) in [6.45, 7) is 3.15. The van der Waals surface area contributed by atoms with Crippen LogP contribution in [0.25, 0.3) is 0 Å². The number of hydrogen-bond acceptors (Lipinski definition) is 4. The van der Waals surface area contributed by atoms with Gasteiger partial charge in [-0.05, 0) is 50.2 Å². The molecule has 0 heterocycles. The highest BCUT2D eigenvalue weighted by molar-refractivity contribution is 7.89. The number of carbonyl (C=O) groups excluding carboxylic acids is 1. The number of rotatable bonds is 7. The number of amides is 1. The standard InChI is InChI=1S/C17H18Cl2N2O4S/c1-11(2)21-26(23,24)14-6-7-16(15(19)9-14)25-10-17(22)20-13-5-3-4-12(18)8-13/h3-9,11,21H,10H2,1-2H3,(H,20,22). The van der Waals surface area contributed by atoms with E-state index < -0.39 is 15.9 Å². The van der Waals surface area contributed by atoms with Gasteiger partial charge < -0.3 is 10.1 Å². The molecule has 0 bridgehead atoms. The number of ether oxygens (including phenoxy) is 1. The second kappa shape index (κ2) is 8.73. The zero-order chi connectivity index (χ0) is 19.3. The summed E-state index contributed by atoms with van der Waals surface area (Å²) in [5.41, 5.74) is 0.540. The summed E-state index contributed by atoms with van der Waals surface area (Å²) in [5, 5.41) is 3.22. The predicted molar refractivity (Wildman–Crippen MR) is 102 cm³/mol. The predicted octanol–water partition coefficient (Wildman–Crippen LogP) is 3.70. The zero-order valence-corrected chi connectivity index (χ0v) is 16.5. The lowest BCUT2D eigenvalue weighted by atomic mass is 10.3. The van der Waals surface area contributed by atoms with Gasteiger partial charge >= 0.3 is 0 Å². The van der Waals surface area contributed by atoms with Crippen molar-refractivity contribution in [3.8, 4) is 5.75 Å². The van der Waals surface area contributed by atoms with Crippen molar-refractivity contribution in [3.63, 3.8) is 0 Å². The molecular weight excluding hydrogens is 399 g/mol. The van der Waals surface area contributed by atoms with E-state index in [-0.39, 0.29) is 28.3 Å². The number of hydrogen-bond donors (Lipinski definition) is 2. The van der Waals surface area contributed by atoms with Gasteiger partial charge in [0.2, 0.25) is 10.0 Å². The molecule has 0 radical (unpaired) electrons. The van der Waals surface area contributed by atoms with E-state index in [9.17, 15) is 13.2 Å². The summed E-state index contributed by atoms with van der Waals surface area (Å²) in [4.78, 5) is 11.9. The van der Waals surface area contributed by atoms with Gasteiger partial charge in [0, 0.05) is 16.8 Å². The highest BCUT2D eigenvalue weighted by Gasteiger charge is 2.17. The second-order valence-electron chi connectivity index (χ2n) is 5.72. The first kappa shape index (κ1) is 20.5. The molecule has 0 aliphatic carbocycles. The Balaban J connectivity index is 2.01. The van der Waals surface area contributed by atoms with Crippen molar-refractivity contribution in [2.75, 3.05) is 11.9 Å². The summed E-state index contributed by atoms with van der Waals surface area (Å²) in [5.74, 6) is -0.196. The van der Waals surface area contributed by atoms with Gasteiger partial charge in [0.05, 0.1) is 9.92 Å². The lowest BCUT2D eigenvalue weighted by molar-refractivity contribution is -0.118. The fraction of sp³-hybridized carbons (Fsp3) is 0.235. The molecule has 0 unspecified atom stereocenters. The first-order chi connectivity index (χ1) is 12.2. The number of carbonyl (C=O) groups is 1. The van der Waals surface area contributed by atoms with Gasteiger partial charge in [-0.25, -0.2) is 13.1 Å². The minimum Gasteiger partial charge on any atom is -0.482 e. The molecule has 0 atom stereocenters. The molecule has 140 valence electrons. The molecule has 0 aliphatic rings. The van der Waals surface area contributed by atoms with Crippen molar-refractivity contribution >= 4 is 44.8 Å². The largest absolute Gasteiger partial charge is 0.482 e. The van der Waals surface area contributed by atoms with Crippen LogP contribution in [0.4, 0.5) is 5.69 Å². The van der Waals surface area contributed by atoms with E-state index in [0.29, 0.717) is 10.7 Å². The van der Waals surface area contributed by atoms with E-state index in [1.807, 2.05) is 0 Å². The Labute approximate surface area is 162 Å². The first-order valence-corrected chi connectivity index (χ1v) is 9.91. The number of benzene rings is 2. The van der Waals surface area contributed by atoms with Crippen LogP contribution in [0.2, 0.25) is 10.0 Å². The molecule has 2 N–H and O–H groups in total. The summed E-state index contributed by atoms with van der Waals surface area (Å²) in [7, 11) is -3.66. The van der Waals surface area contributed by atoms with Crippen molar-refractivity contribution in [1.29, 1.82) is 0 Å². The van der Waals surface area contributed by atoms with E-state index in [1.165, 1.54) is 18.2 Å². The molecule has 6 nitrogen and oxygen atoms in total. The lowest BCUT2D eigenvalue weighted by Gasteiger charge is -2.12. The third-order valence-corrected chi connectivity index (χ3v) is 5.26. The number of sulfonamides is 1. The molecule has 0 spiro atoms. The van der Waals surface area contributed by atoms with E-state index in [2.05, 4.69) is 10.0 Å². The van der Waals surface area contributed by atoms with Crippen LogP contribution in [0, 0.1) is 0 Å². The topological polar surface area (TPSA) is 84.5 Å². The van der Waals surface area contributed by atoms with Gasteiger partial charge in [-0.3, -0.25) is 4.79 Å². The van der Waals surface area contributed by atoms with Gasteiger partial charge in [0.1, 0.15) is 5.75 Å². The maximum absolute atomic E-state index is 12.1. The molecule has 2 aromatic rings. The number of halogens is 2. The van der Waals surface area contributed by atoms with Gasteiger partial charge in [-0.2, -0.15) is 0 Å². The van der Waals surface area contributed by atoms with Gasteiger partial charge in [-0.15, -0.1) is 0 Å². The molecular formula is C17H18Cl2N2O4S. The summed E-state index contributed by atoms with van der Waals surface area (Å²) >= 11 is 11.9. The fourth-order valence-corrected chi connectivity index (χ4v) is 3.82. The molecule has 0 aromatic heterocycles. The van der Waals surface area contributed by atoms with E-state index >= 15 is 0 Å². The summed E-state index contributed by atoms with van der Waals surface area (Å²) in [6, 6.07) is 10.5. The Hall–Kier alpha value is -1.80. The Kier molecular flexibility index (Phi) is 6.88. The van der Waals surface area contributed by atoms with Crippen molar-refractivity contribution in [1.82, 2.24) is 4.72 Å². The van der Waals surface area contributed by atoms with Crippen LogP contribution in [-0.2, 0) is 14.8 Å². The molecule has 2 aromatic carbocycles. The molecule has 0 fully saturated rings. The van der Waals surface area contributed by atoms with E-state index in [0.717, 1.165) is 0 Å². The van der Waals surface area contributed by atoms with Gasteiger partial charge in [0.25, 0.3) is 5.91 Å². The first-order valence-electron chi connectivity index (χ1n) is 7.67. The Morgan fingerprint density at radius 3 is 2.50 bits per heavy atom. The lowest BCUT2D eigenvalue weighted by Crippen LogP contribution is -2.30. The number of anilines is 1. The zero-order valence-electron chi connectivity index (χ0n) is 14.1. The molecule has 0 saturated heterocycles. The third-order valence-electron chi connectivity index (χ3n) is 3.07. The van der Waals surface area contributed by atoms with Crippen LogP contribution < -0.4 is 14.8 Å². The van der Waals surface area contributed by atoms with Crippen molar-refractivity contribution in [2.45, 2.75) is 24.8 Å². The molecule has 9 heteroatoms. The molecule has 2 rings (SSSR count). The van der Waals surface area contributed by atoms with Crippen molar-refractivity contribution in [3.05, 3.63) is 52.5 Å². The van der Waals surface area contributed by atoms with Gasteiger partial charge in [-0.1, -0.05) is 29.3 Å². The smallest absolute Gasteiger partial charge is 0.262 e. The fourth-order valence-electron chi connectivity index (χ4n) is 2.05. The van der Waals surface area contributed by atoms with Crippen molar-refractivity contribution < 1.29 is 17.9 Å². The van der Waals surface area contributed by atoms with E-state index in [4.69, 9.17) is 27.9 Å². The molecule has 0 aliphatic heterocycles. The maximum Gasteiger partial charge on any atom is 0.262 e. The molecule has 1 amide bonds. The van der Waals surface area contributed by atoms with Crippen LogP contribution in [0.1, 0.15) is 13.8 Å². The van der Waals surface area contributed by atoms with Crippen molar-refractivity contribution in [2.24, 2.45) is 0 Å². The molecule has 26 heavy (non-hydrogen) atoms. The van der Waals surface area contributed by atoms with Crippen LogP contribution in [0.5, 0.6) is 5.75 Å². The SMILES string of the molecule is CC(C)NS(=O)(=O)c1ccc(OCC(=O)Nc2cccc(Cl)c2)c(Cl)c1. The minimum atomic E-state index is -3.66. The van der Waals surface area contributed by atoms with Crippen LogP contribution >= 0.6 is 23.2 Å². The molecule has 0 saturated carbocycles. The monoisotopic (exact) mass is 416 g/mol.